The number of hydrogen-bond acceptors (Lipinski definition) is 3. The zero-order valence-electron chi connectivity index (χ0n) is 12.1. The summed E-state index contributed by atoms with van der Waals surface area (Å²) in [6.45, 7) is 6.74. The molecule has 0 fully saturated rings. The molecule has 6 nitrogen and oxygen atoms in total. The summed E-state index contributed by atoms with van der Waals surface area (Å²) in [6.07, 6.45) is 1.77. The van der Waals surface area contributed by atoms with Crippen LogP contribution in [0.4, 0.5) is 4.79 Å². The van der Waals surface area contributed by atoms with Crippen molar-refractivity contribution in [2.24, 2.45) is 0 Å². The van der Waals surface area contributed by atoms with Crippen LogP contribution in [0, 0.1) is 0 Å². The van der Waals surface area contributed by atoms with Crippen molar-refractivity contribution in [3.63, 3.8) is 0 Å². The van der Waals surface area contributed by atoms with Crippen molar-refractivity contribution in [1.82, 2.24) is 9.80 Å². The number of urea groups is 1. The Kier molecular flexibility index (Phi) is 8.95. The highest BCUT2D eigenvalue weighted by Gasteiger charge is 2.23. The van der Waals surface area contributed by atoms with Gasteiger partial charge in [-0.05, 0) is 20.3 Å². The van der Waals surface area contributed by atoms with Crippen molar-refractivity contribution in [3.05, 3.63) is 0 Å². The van der Waals surface area contributed by atoms with E-state index in [4.69, 9.17) is 10.2 Å². The number of hydrogen-bond donors (Lipinski definition) is 2. The number of amides is 2. The highest BCUT2D eigenvalue weighted by Crippen LogP contribution is 2.07. The summed E-state index contributed by atoms with van der Waals surface area (Å²) in [6, 6.07) is -0.256. The first kappa shape index (κ1) is 17.7. The lowest BCUT2D eigenvalue weighted by molar-refractivity contribution is -0.137. The minimum Gasteiger partial charge on any atom is -0.481 e. The largest absolute Gasteiger partial charge is 0.481 e. The molecule has 0 heterocycles. The Morgan fingerprint density at radius 1 is 1.16 bits per heavy atom. The molecule has 2 amide bonds. The minimum atomic E-state index is -0.916. The second-order valence-electron chi connectivity index (χ2n) is 4.78. The molecular formula is C13H26N2O4. The summed E-state index contributed by atoms with van der Waals surface area (Å²) >= 11 is 0. The first-order valence-electron chi connectivity index (χ1n) is 6.82. The fourth-order valence-electron chi connectivity index (χ4n) is 1.75. The van der Waals surface area contributed by atoms with Gasteiger partial charge in [0.2, 0.25) is 0 Å². The Balaban J connectivity index is 4.66. The molecule has 0 aliphatic heterocycles. The molecule has 0 spiro atoms. The van der Waals surface area contributed by atoms with Gasteiger partial charge >= 0.3 is 12.0 Å². The fraction of sp³-hybridized carbons (Fsp3) is 0.846. The fourth-order valence-corrected chi connectivity index (χ4v) is 1.75. The zero-order chi connectivity index (χ0) is 14.8. The summed E-state index contributed by atoms with van der Waals surface area (Å²) in [7, 11) is 0. The number of aliphatic carboxylic acids is 1. The van der Waals surface area contributed by atoms with Crippen LogP contribution in [0.3, 0.4) is 0 Å². The zero-order valence-corrected chi connectivity index (χ0v) is 12.1. The minimum absolute atomic E-state index is 0.0605. The molecule has 112 valence electrons. The van der Waals surface area contributed by atoms with Crippen LogP contribution in [-0.4, -0.2) is 64.3 Å². The molecule has 0 aromatic heterocycles. The standard InChI is InChI=1S/C13H26N2O4/c1-4-5-7-14(9-10-16)13(19)15(11(2)3)8-6-12(17)18/h11,16H,4-10H2,1-3H3,(H,17,18). The lowest BCUT2D eigenvalue weighted by Crippen LogP contribution is -2.48. The van der Waals surface area contributed by atoms with Crippen LogP contribution in [0.15, 0.2) is 0 Å². The second kappa shape index (κ2) is 9.61. The average molecular weight is 274 g/mol. The van der Waals surface area contributed by atoms with Gasteiger partial charge in [0, 0.05) is 25.7 Å². The van der Waals surface area contributed by atoms with E-state index >= 15 is 0 Å². The van der Waals surface area contributed by atoms with Gasteiger partial charge in [-0.3, -0.25) is 4.79 Å². The maximum atomic E-state index is 12.3. The number of nitrogens with zero attached hydrogens (tertiary/aromatic N) is 2. The van der Waals surface area contributed by atoms with E-state index in [0.29, 0.717) is 6.54 Å². The number of rotatable bonds is 9. The third-order valence-corrected chi connectivity index (χ3v) is 2.86. The van der Waals surface area contributed by atoms with Gasteiger partial charge in [0.15, 0.2) is 0 Å². The van der Waals surface area contributed by atoms with Crippen LogP contribution in [0.1, 0.15) is 40.0 Å². The molecule has 0 aliphatic rings. The molecule has 0 atom stereocenters. The first-order chi connectivity index (χ1) is 8.93. The van der Waals surface area contributed by atoms with E-state index < -0.39 is 5.97 Å². The van der Waals surface area contributed by atoms with E-state index in [-0.39, 0.29) is 38.2 Å². The monoisotopic (exact) mass is 274 g/mol. The number of carbonyl (C=O) groups excluding carboxylic acids is 1. The third-order valence-electron chi connectivity index (χ3n) is 2.86. The van der Waals surface area contributed by atoms with Gasteiger partial charge in [0.25, 0.3) is 0 Å². The highest BCUT2D eigenvalue weighted by molar-refractivity contribution is 5.75. The Morgan fingerprint density at radius 3 is 2.21 bits per heavy atom. The molecule has 0 saturated heterocycles. The van der Waals surface area contributed by atoms with Crippen molar-refractivity contribution in [2.75, 3.05) is 26.2 Å². The van der Waals surface area contributed by atoms with E-state index in [1.54, 1.807) is 9.80 Å². The van der Waals surface area contributed by atoms with E-state index in [1.807, 2.05) is 20.8 Å². The number of unbranched alkanes of at least 4 members (excludes halogenated alkanes) is 1. The highest BCUT2D eigenvalue weighted by atomic mass is 16.4. The van der Waals surface area contributed by atoms with E-state index in [1.165, 1.54) is 0 Å². The van der Waals surface area contributed by atoms with Gasteiger partial charge in [0.1, 0.15) is 0 Å². The molecule has 0 unspecified atom stereocenters. The molecular weight excluding hydrogens is 248 g/mol. The lowest BCUT2D eigenvalue weighted by atomic mass is 10.2. The second-order valence-corrected chi connectivity index (χ2v) is 4.78. The van der Waals surface area contributed by atoms with Gasteiger partial charge in [-0.2, -0.15) is 0 Å². The summed E-state index contributed by atoms with van der Waals surface area (Å²) < 4.78 is 0. The predicted octanol–water partition coefficient (Wildman–Crippen LogP) is 1.39. The molecule has 19 heavy (non-hydrogen) atoms. The third kappa shape index (κ3) is 7.00. The van der Waals surface area contributed by atoms with E-state index in [2.05, 4.69) is 0 Å². The first-order valence-corrected chi connectivity index (χ1v) is 6.82. The van der Waals surface area contributed by atoms with Crippen LogP contribution in [0.5, 0.6) is 0 Å². The Hall–Kier alpha value is -1.30. The number of aliphatic hydroxyl groups excluding tert-OH is 1. The lowest BCUT2D eigenvalue weighted by Gasteiger charge is -2.32. The van der Waals surface area contributed by atoms with Crippen molar-refractivity contribution in [1.29, 1.82) is 0 Å². The Morgan fingerprint density at radius 2 is 1.79 bits per heavy atom. The van der Waals surface area contributed by atoms with Crippen molar-refractivity contribution < 1.29 is 19.8 Å². The molecule has 6 heteroatoms. The van der Waals surface area contributed by atoms with E-state index in [0.717, 1.165) is 12.8 Å². The summed E-state index contributed by atoms with van der Waals surface area (Å²) in [5.41, 5.74) is 0. The number of carboxylic acid groups (broad SMARTS) is 1. The van der Waals surface area contributed by atoms with Gasteiger partial charge < -0.3 is 20.0 Å². The van der Waals surface area contributed by atoms with Crippen molar-refractivity contribution in [2.45, 2.75) is 46.1 Å². The quantitative estimate of drug-likeness (QED) is 0.665. The topological polar surface area (TPSA) is 81.1 Å². The summed E-state index contributed by atoms with van der Waals surface area (Å²) in [5, 5.41) is 17.7. The van der Waals surface area contributed by atoms with Crippen LogP contribution in [0.2, 0.25) is 0 Å². The molecule has 0 aromatic carbocycles. The van der Waals surface area contributed by atoms with Crippen LogP contribution >= 0.6 is 0 Å². The molecule has 0 saturated carbocycles. The van der Waals surface area contributed by atoms with Crippen LogP contribution in [0.25, 0.3) is 0 Å². The molecule has 0 aliphatic carbocycles. The van der Waals surface area contributed by atoms with Gasteiger partial charge in [0.05, 0.1) is 13.0 Å². The van der Waals surface area contributed by atoms with Crippen molar-refractivity contribution >= 4 is 12.0 Å². The van der Waals surface area contributed by atoms with Crippen LogP contribution in [-0.2, 0) is 4.79 Å². The number of aliphatic hydroxyl groups is 1. The Labute approximate surface area is 115 Å². The maximum absolute atomic E-state index is 12.3. The summed E-state index contributed by atoms with van der Waals surface area (Å²) in [4.78, 5) is 26.1. The number of carboxylic acids is 1. The number of carbonyl (C=O) groups is 2. The molecule has 0 radical (unpaired) electrons. The molecule has 0 bridgehead atoms. The molecule has 0 aromatic rings. The average Bonchev–Trinajstić information content (AvgIpc) is 2.33. The molecule has 2 N–H and O–H groups in total. The summed E-state index contributed by atoms with van der Waals surface area (Å²) in [5.74, 6) is -0.916. The SMILES string of the molecule is CCCCN(CCO)C(=O)N(CCC(=O)O)C(C)C. The Bertz CT molecular complexity index is 282. The normalized spacial score (nSPS) is 10.6. The molecule has 0 rings (SSSR count). The van der Waals surface area contributed by atoms with Gasteiger partial charge in [-0.15, -0.1) is 0 Å². The predicted molar refractivity (Wildman–Crippen MR) is 73.1 cm³/mol. The maximum Gasteiger partial charge on any atom is 0.320 e. The van der Waals surface area contributed by atoms with Gasteiger partial charge in [-0.25, -0.2) is 4.79 Å². The van der Waals surface area contributed by atoms with Crippen molar-refractivity contribution in [3.8, 4) is 0 Å². The van der Waals surface area contributed by atoms with Gasteiger partial charge in [-0.1, -0.05) is 13.3 Å². The smallest absolute Gasteiger partial charge is 0.320 e. The van der Waals surface area contributed by atoms with E-state index in [9.17, 15) is 9.59 Å². The van der Waals surface area contributed by atoms with Crippen LogP contribution < -0.4 is 0 Å².